The van der Waals surface area contributed by atoms with Gasteiger partial charge in [-0.1, -0.05) is 0 Å². The molecule has 0 aliphatic heterocycles. The van der Waals surface area contributed by atoms with Crippen LogP contribution in [0.5, 0.6) is 0 Å². The lowest BCUT2D eigenvalue weighted by Crippen LogP contribution is -2.42. The number of hydrogen-bond donors (Lipinski definition) is 2. The molecule has 0 amide bonds. The van der Waals surface area contributed by atoms with E-state index in [4.69, 9.17) is 5.11 Å². The maximum atomic E-state index is 11.0. The summed E-state index contributed by atoms with van der Waals surface area (Å²) in [6, 6.07) is 5.27. The minimum absolute atomic E-state index is 0.0647. The van der Waals surface area contributed by atoms with Crippen molar-refractivity contribution < 1.29 is 15.0 Å². The van der Waals surface area contributed by atoms with Crippen LogP contribution in [0.15, 0.2) is 24.5 Å². The minimum atomic E-state index is -0.969. The van der Waals surface area contributed by atoms with Gasteiger partial charge in [-0.05, 0) is 37.5 Å². The van der Waals surface area contributed by atoms with Crippen molar-refractivity contribution >= 4 is 22.7 Å². The highest BCUT2D eigenvalue weighted by Gasteiger charge is 2.27. The summed E-state index contributed by atoms with van der Waals surface area (Å²) in [6.07, 6.45) is 4.84. The number of aromatic carboxylic acids is 1. The first-order valence-corrected chi connectivity index (χ1v) is 7.06. The molecule has 1 saturated carbocycles. The quantitative estimate of drug-likeness (QED) is 0.870. The molecule has 1 aliphatic rings. The lowest BCUT2D eigenvalue weighted by molar-refractivity contribution is 0.0697. The first-order chi connectivity index (χ1) is 10.2. The van der Waals surface area contributed by atoms with Gasteiger partial charge in [-0.15, -0.1) is 0 Å². The third-order valence-electron chi connectivity index (χ3n) is 3.99. The van der Waals surface area contributed by atoms with Gasteiger partial charge in [0, 0.05) is 18.0 Å². The van der Waals surface area contributed by atoms with Crippen molar-refractivity contribution in [1.29, 1.82) is 0 Å². The number of aromatic nitrogens is 2. The number of aliphatic hydroxyl groups is 1. The number of fused-ring (bicyclic) bond motifs is 1. The first kappa shape index (κ1) is 13.8. The Morgan fingerprint density at radius 3 is 2.76 bits per heavy atom. The number of anilines is 1. The van der Waals surface area contributed by atoms with Crippen LogP contribution in [0.1, 0.15) is 29.6 Å². The molecule has 2 aromatic rings. The lowest BCUT2D eigenvalue weighted by Gasteiger charge is -2.38. The molecule has 0 bridgehead atoms. The molecular weight excluding hydrogens is 270 g/mol. The van der Waals surface area contributed by atoms with E-state index in [9.17, 15) is 9.90 Å². The second-order valence-corrected chi connectivity index (χ2v) is 5.24. The van der Waals surface area contributed by atoms with E-state index in [-0.39, 0.29) is 12.2 Å². The van der Waals surface area contributed by atoms with Gasteiger partial charge < -0.3 is 15.1 Å². The normalized spacial score (nSPS) is 14.9. The Labute approximate surface area is 122 Å². The average Bonchev–Trinajstić information content (AvgIpc) is 2.43. The zero-order valence-corrected chi connectivity index (χ0v) is 11.6. The highest BCUT2D eigenvalue weighted by molar-refractivity contribution is 5.96. The maximum Gasteiger partial charge on any atom is 0.335 e. The molecule has 1 fully saturated rings. The molecule has 0 spiro atoms. The molecule has 1 aliphatic carbocycles. The summed E-state index contributed by atoms with van der Waals surface area (Å²) in [5, 5.41) is 19.2. The van der Waals surface area contributed by atoms with Crippen LogP contribution in [0.25, 0.3) is 10.9 Å². The smallest absolute Gasteiger partial charge is 0.335 e. The summed E-state index contributed by atoms with van der Waals surface area (Å²) >= 11 is 0. The standard InChI is InChI=1S/C15H17N3O3/c19-7-6-18(11-2-1-3-11)14-12-5-4-10(15(20)21)8-13(12)16-9-17-14/h4-5,8-9,11,19H,1-3,6-7H2,(H,20,21). The summed E-state index contributed by atoms with van der Waals surface area (Å²) in [5.41, 5.74) is 0.826. The highest BCUT2D eigenvalue weighted by Crippen LogP contribution is 2.32. The van der Waals surface area contributed by atoms with Gasteiger partial charge in [0.1, 0.15) is 12.1 Å². The van der Waals surface area contributed by atoms with Crippen LogP contribution in [0, 0.1) is 0 Å². The molecule has 0 unspecified atom stereocenters. The average molecular weight is 287 g/mol. The Kier molecular flexibility index (Phi) is 3.70. The molecule has 1 aromatic heterocycles. The van der Waals surface area contributed by atoms with Crippen molar-refractivity contribution in [1.82, 2.24) is 9.97 Å². The van der Waals surface area contributed by atoms with Crippen LogP contribution in [0.2, 0.25) is 0 Å². The number of carboxylic acid groups (broad SMARTS) is 1. The van der Waals surface area contributed by atoms with Gasteiger partial charge in [-0.25, -0.2) is 14.8 Å². The summed E-state index contributed by atoms with van der Waals surface area (Å²) in [7, 11) is 0. The number of carbonyl (C=O) groups is 1. The third-order valence-corrected chi connectivity index (χ3v) is 3.99. The van der Waals surface area contributed by atoms with E-state index in [2.05, 4.69) is 14.9 Å². The van der Waals surface area contributed by atoms with Gasteiger partial charge in [-0.2, -0.15) is 0 Å². The SMILES string of the molecule is O=C(O)c1ccc2c(N(CCO)C3CCC3)ncnc2c1. The van der Waals surface area contributed by atoms with Crippen molar-refractivity contribution in [3.8, 4) is 0 Å². The molecule has 1 heterocycles. The van der Waals surface area contributed by atoms with E-state index in [1.807, 2.05) is 0 Å². The Hall–Kier alpha value is -2.21. The third kappa shape index (κ3) is 2.54. The van der Waals surface area contributed by atoms with Gasteiger partial charge >= 0.3 is 5.97 Å². The van der Waals surface area contributed by atoms with Crippen molar-refractivity contribution in [3.05, 3.63) is 30.1 Å². The van der Waals surface area contributed by atoms with Gasteiger partial charge in [0.25, 0.3) is 0 Å². The van der Waals surface area contributed by atoms with Crippen LogP contribution in [-0.2, 0) is 0 Å². The van der Waals surface area contributed by atoms with Crippen molar-refractivity contribution in [2.45, 2.75) is 25.3 Å². The predicted octanol–water partition coefficient (Wildman–Crippen LogP) is 1.68. The molecule has 0 saturated heterocycles. The zero-order chi connectivity index (χ0) is 14.8. The van der Waals surface area contributed by atoms with Crippen LogP contribution in [0.4, 0.5) is 5.82 Å². The van der Waals surface area contributed by atoms with Crippen LogP contribution in [0.3, 0.4) is 0 Å². The monoisotopic (exact) mass is 287 g/mol. The number of rotatable bonds is 5. The van der Waals surface area contributed by atoms with Crippen LogP contribution < -0.4 is 4.90 Å². The lowest BCUT2D eigenvalue weighted by atomic mass is 9.91. The van der Waals surface area contributed by atoms with Gasteiger partial charge in [0.2, 0.25) is 0 Å². The molecule has 21 heavy (non-hydrogen) atoms. The summed E-state index contributed by atoms with van der Waals surface area (Å²) in [6.45, 7) is 0.590. The van der Waals surface area contributed by atoms with Crippen LogP contribution in [-0.4, -0.2) is 45.3 Å². The van der Waals surface area contributed by atoms with E-state index in [0.29, 0.717) is 18.1 Å². The molecular formula is C15H17N3O3. The zero-order valence-electron chi connectivity index (χ0n) is 11.6. The number of nitrogens with zero attached hydrogens (tertiary/aromatic N) is 3. The van der Waals surface area contributed by atoms with Crippen molar-refractivity contribution in [3.63, 3.8) is 0 Å². The Balaban J connectivity index is 2.06. The van der Waals surface area contributed by atoms with E-state index in [0.717, 1.165) is 24.0 Å². The first-order valence-electron chi connectivity index (χ1n) is 7.06. The van der Waals surface area contributed by atoms with Gasteiger partial charge in [0.15, 0.2) is 0 Å². The van der Waals surface area contributed by atoms with Crippen LogP contribution >= 0.6 is 0 Å². The fraction of sp³-hybridized carbons (Fsp3) is 0.400. The van der Waals surface area contributed by atoms with E-state index < -0.39 is 5.97 Å². The topological polar surface area (TPSA) is 86.5 Å². The van der Waals surface area contributed by atoms with E-state index in [1.54, 1.807) is 18.2 Å². The Bertz CT molecular complexity index is 670. The van der Waals surface area contributed by atoms with E-state index in [1.165, 1.54) is 12.7 Å². The molecule has 3 rings (SSSR count). The highest BCUT2D eigenvalue weighted by atomic mass is 16.4. The van der Waals surface area contributed by atoms with Crippen molar-refractivity contribution in [2.24, 2.45) is 0 Å². The molecule has 110 valence electrons. The molecule has 6 nitrogen and oxygen atoms in total. The van der Waals surface area contributed by atoms with Gasteiger partial charge in [-0.3, -0.25) is 0 Å². The summed E-state index contributed by atoms with van der Waals surface area (Å²) < 4.78 is 0. The van der Waals surface area contributed by atoms with Crippen molar-refractivity contribution in [2.75, 3.05) is 18.1 Å². The second kappa shape index (κ2) is 5.65. The number of benzene rings is 1. The number of aliphatic hydroxyl groups excluding tert-OH is 1. The Morgan fingerprint density at radius 2 is 2.14 bits per heavy atom. The number of hydrogen-bond acceptors (Lipinski definition) is 5. The molecule has 6 heteroatoms. The Morgan fingerprint density at radius 1 is 1.33 bits per heavy atom. The predicted molar refractivity (Wildman–Crippen MR) is 78.6 cm³/mol. The second-order valence-electron chi connectivity index (χ2n) is 5.24. The summed E-state index contributed by atoms with van der Waals surface area (Å²) in [5.74, 6) is -0.195. The molecule has 2 N–H and O–H groups in total. The minimum Gasteiger partial charge on any atom is -0.478 e. The van der Waals surface area contributed by atoms with E-state index >= 15 is 0 Å². The van der Waals surface area contributed by atoms with Gasteiger partial charge in [0.05, 0.1) is 17.7 Å². The fourth-order valence-corrected chi connectivity index (χ4v) is 2.67. The summed E-state index contributed by atoms with van der Waals surface area (Å²) in [4.78, 5) is 21.7. The molecule has 0 radical (unpaired) electrons. The largest absolute Gasteiger partial charge is 0.478 e. The maximum absolute atomic E-state index is 11.0. The fourth-order valence-electron chi connectivity index (χ4n) is 2.67. The molecule has 0 atom stereocenters. The molecule has 1 aromatic carbocycles. The number of carboxylic acids is 1.